The Morgan fingerprint density at radius 2 is 2.05 bits per heavy atom. The second-order valence-corrected chi connectivity index (χ2v) is 4.98. The lowest BCUT2D eigenvalue weighted by Gasteiger charge is -2.29. The van der Waals surface area contributed by atoms with Gasteiger partial charge in [0.25, 0.3) is 0 Å². The Kier molecular flexibility index (Phi) is 4.88. The summed E-state index contributed by atoms with van der Waals surface area (Å²) in [6.07, 6.45) is -2.39. The van der Waals surface area contributed by atoms with Crippen molar-refractivity contribution >= 4 is 5.69 Å². The largest absolute Gasteiger partial charge is 0.418 e. The maximum atomic E-state index is 13.1. The van der Waals surface area contributed by atoms with Crippen LogP contribution in [0.5, 0.6) is 0 Å². The van der Waals surface area contributed by atoms with E-state index in [1.807, 2.05) is 0 Å². The molecule has 1 aromatic rings. The molecule has 2 N–H and O–H groups in total. The summed E-state index contributed by atoms with van der Waals surface area (Å²) in [5.74, 6) is 0. The molecule has 1 aromatic carbocycles. The maximum absolute atomic E-state index is 13.1. The van der Waals surface area contributed by atoms with Crippen molar-refractivity contribution in [3.63, 3.8) is 0 Å². The van der Waals surface area contributed by atoms with Gasteiger partial charge in [-0.2, -0.15) is 13.2 Å². The summed E-state index contributed by atoms with van der Waals surface area (Å²) in [7, 11) is 0. The molecule has 1 fully saturated rings. The van der Waals surface area contributed by atoms with E-state index in [1.54, 1.807) is 11.0 Å². The highest BCUT2D eigenvalue weighted by atomic mass is 19.4. The van der Waals surface area contributed by atoms with Crippen LogP contribution in [0.15, 0.2) is 24.3 Å². The standard InChI is InChI=1S/C14H19F3N2O/c15-14(16,17)12-5-1-2-6-13(12)19(8-9-20)10-11-4-3-7-18-11/h1-2,5-6,11,18,20H,3-4,7-10H2. The Bertz CT molecular complexity index is 431. The van der Waals surface area contributed by atoms with Gasteiger partial charge in [-0.1, -0.05) is 12.1 Å². The molecule has 0 spiro atoms. The number of para-hydroxylation sites is 1. The molecule has 0 bridgehead atoms. The summed E-state index contributed by atoms with van der Waals surface area (Å²) in [6.45, 7) is 1.41. The average Bonchev–Trinajstić information content (AvgIpc) is 2.90. The number of benzene rings is 1. The number of hydrogen-bond acceptors (Lipinski definition) is 3. The van der Waals surface area contributed by atoms with Crippen molar-refractivity contribution in [2.24, 2.45) is 0 Å². The van der Waals surface area contributed by atoms with Gasteiger partial charge in [0, 0.05) is 24.8 Å². The summed E-state index contributed by atoms with van der Waals surface area (Å²) in [5.41, 5.74) is -0.505. The smallest absolute Gasteiger partial charge is 0.395 e. The van der Waals surface area contributed by atoms with Crippen LogP contribution in [0.3, 0.4) is 0 Å². The number of alkyl halides is 3. The lowest BCUT2D eigenvalue weighted by Crippen LogP contribution is -2.40. The van der Waals surface area contributed by atoms with Crippen molar-refractivity contribution < 1.29 is 18.3 Å². The van der Waals surface area contributed by atoms with Gasteiger partial charge >= 0.3 is 6.18 Å². The van der Waals surface area contributed by atoms with Crippen molar-refractivity contribution in [3.8, 4) is 0 Å². The molecule has 1 aliphatic rings. The van der Waals surface area contributed by atoms with Crippen LogP contribution < -0.4 is 10.2 Å². The number of rotatable bonds is 5. The molecule has 6 heteroatoms. The number of nitrogens with one attached hydrogen (secondary N) is 1. The summed E-state index contributed by atoms with van der Waals surface area (Å²) < 4.78 is 39.2. The van der Waals surface area contributed by atoms with E-state index in [1.165, 1.54) is 12.1 Å². The van der Waals surface area contributed by atoms with Gasteiger partial charge in [0.15, 0.2) is 0 Å². The Labute approximate surface area is 116 Å². The van der Waals surface area contributed by atoms with Gasteiger partial charge in [-0.05, 0) is 31.5 Å². The number of anilines is 1. The fourth-order valence-electron chi connectivity index (χ4n) is 2.60. The number of aliphatic hydroxyl groups excluding tert-OH is 1. The van der Waals surface area contributed by atoms with Gasteiger partial charge in [-0.3, -0.25) is 0 Å². The van der Waals surface area contributed by atoms with Gasteiger partial charge in [0.05, 0.1) is 12.2 Å². The molecule has 0 aliphatic carbocycles. The normalized spacial score (nSPS) is 19.3. The van der Waals surface area contributed by atoms with Crippen LogP contribution in [0.1, 0.15) is 18.4 Å². The minimum absolute atomic E-state index is 0.141. The maximum Gasteiger partial charge on any atom is 0.418 e. The minimum atomic E-state index is -4.38. The van der Waals surface area contributed by atoms with Crippen LogP contribution in [-0.4, -0.2) is 37.4 Å². The molecular weight excluding hydrogens is 269 g/mol. The zero-order valence-corrected chi connectivity index (χ0v) is 11.2. The van der Waals surface area contributed by atoms with E-state index in [0.717, 1.165) is 25.5 Å². The van der Waals surface area contributed by atoms with Crippen molar-refractivity contribution in [2.45, 2.75) is 25.1 Å². The van der Waals surface area contributed by atoms with Crippen LogP contribution in [0.25, 0.3) is 0 Å². The molecule has 1 unspecified atom stereocenters. The molecule has 1 aliphatic heterocycles. The molecular formula is C14H19F3N2O. The molecule has 0 aromatic heterocycles. The quantitative estimate of drug-likeness (QED) is 0.872. The second kappa shape index (κ2) is 6.45. The first-order valence-corrected chi connectivity index (χ1v) is 6.78. The summed E-state index contributed by atoms with van der Waals surface area (Å²) >= 11 is 0. The fourth-order valence-corrected chi connectivity index (χ4v) is 2.60. The van der Waals surface area contributed by atoms with E-state index in [2.05, 4.69) is 5.32 Å². The molecule has 1 heterocycles. The summed E-state index contributed by atoms with van der Waals surface area (Å²) in [6, 6.07) is 5.71. The Balaban J connectivity index is 2.24. The Morgan fingerprint density at radius 3 is 2.65 bits per heavy atom. The third-order valence-electron chi connectivity index (χ3n) is 3.52. The van der Waals surface area contributed by atoms with Crippen molar-refractivity contribution in [1.82, 2.24) is 5.32 Å². The summed E-state index contributed by atoms with van der Waals surface area (Å²) in [4.78, 5) is 1.62. The number of halogens is 3. The SMILES string of the molecule is OCCN(CC1CCCN1)c1ccccc1C(F)(F)F. The summed E-state index contributed by atoms with van der Waals surface area (Å²) in [5, 5.41) is 12.4. The average molecular weight is 288 g/mol. The zero-order chi connectivity index (χ0) is 14.6. The van der Waals surface area contributed by atoms with Gasteiger partial charge in [-0.25, -0.2) is 0 Å². The van der Waals surface area contributed by atoms with Crippen LogP contribution >= 0.6 is 0 Å². The van der Waals surface area contributed by atoms with E-state index in [-0.39, 0.29) is 24.9 Å². The lowest BCUT2D eigenvalue weighted by atomic mass is 10.1. The molecule has 3 nitrogen and oxygen atoms in total. The van der Waals surface area contributed by atoms with Crippen LogP contribution in [0, 0.1) is 0 Å². The molecule has 1 atom stereocenters. The van der Waals surface area contributed by atoms with Crippen molar-refractivity contribution in [2.75, 3.05) is 31.1 Å². The van der Waals surface area contributed by atoms with E-state index in [0.29, 0.717) is 6.54 Å². The third kappa shape index (κ3) is 3.64. The van der Waals surface area contributed by atoms with Gasteiger partial charge in [0.2, 0.25) is 0 Å². The molecule has 0 radical (unpaired) electrons. The molecule has 20 heavy (non-hydrogen) atoms. The first-order chi connectivity index (χ1) is 9.52. The minimum Gasteiger partial charge on any atom is -0.395 e. The highest BCUT2D eigenvalue weighted by Gasteiger charge is 2.35. The fraction of sp³-hybridized carbons (Fsp3) is 0.571. The number of aliphatic hydroxyl groups is 1. The van der Waals surface area contributed by atoms with E-state index in [9.17, 15) is 13.2 Å². The van der Waals surface area contributed by atoms with E-state index >= 15 is 0 Å². The lowest BCUT2D eigenvalue weighted by molar-refractivity contribution is -0.137. The van der Waals surface area contributed by atoms with Crippen LogP contribution in [0.4, 0.5) is 18.9 Å². The number of hydrogen-bond donors (Lipinski definition) is 2. The van der Waals surface area contributed by atoms with Gasteiger partial charge in [0.1, 0.15) is 0 Å². The first-order valence-electron chi connectivity index (χ1n) is 6.78. The van der Waals surface area contributed by atoms with Crippen molar-refractivity contribution in [1.29, 1.82) is 0 Å². The third-order valence-corrected chi connectivity index (χ3v) is 3.52. The van der Waals surface area contributed by atoms with Crippen LogP contribution in [-0.2, 0) is 6.18 Å². The first kappa shape index (κ1) is 15.1. The van der Waals surface area contributed by atoms with Gasteiger partial charge in [-0.15, -0.1) is 0 Å². The van der Waals surface area contributed by atoms with Crippen molar-refractivity contribution in [3.05, 3.63) is 29.8 Å². The van der Waals surface area contributed by atoms with Crippen LogP contribution in [0.2, 0.25) is 0 Å². The van der Waals surface area contributed by atoms with E-state index in [4.69, 9.17) is 5.11 Å². The van der Waals surface area contributed by atoms with Gasteiger partial charge < -0.3 is 15.3 Å². The zero-order valence-electron chi connectivity index (χ0n) is 11.2. The predicted molar refractivity (Wildman–Crippen MR) is 71.8 cm³/mol. The molecule has 1 saturated heterocycles. The molecule has 112 valence electrons. The predicted octanol–water partition coefficient (Wildman–Crippen LogP) is 2.26. The highest BCUT2D eigenvalue weighted by molar-refractivity contribution is 5.55. The Morgan fingerprint density at radius 1 is 1.30 bits per heavy atom. The topological polar surface area (TPSA) is 35.5 Å². The Hall–Kier alpha value is -1.27. The number of nitrogens with zero attached hydrogens (tertiary/aromatic N) is 1. The second-order valence-electron chi connectivity index (χ2n) is 4.98. The molecule has 0 amide bonds. The highest BCUT2D eigenvalue weighted by Crippen LogP contribution is 2.36. The monoisotopic (exact) mass is 288 g/mol. The van der Waals surface area contributed by atoms with E-state index < -0.39 is 11.7 Å². The molecule has 0 saturated carbocycles. The molecule has 2 rings (SSSR count).